The van der Waals surface area contributed by atoms with Crippen LogP contribution in [-0.2, 0) is 14.3 Å². The molecule has 0 fully saturated rings. The fourth-order valence-electron chi connectivity index (χ4n) is 1.36. The third-order valence-electron chi connectivity index (χ3n) is 2.39. The van der Waals surface area contributed by atoms with Crippen molar-refractivity contribution in [3.8, 4) is 11.8 Å². The lowest BCUT2D eigenvalue weighted by molar-refractivity contribution is -0.149. The lowest BCUT2D eigenvalue weighted by Gasteiger charge is -2.08. The normalized spacial score (nSPS) is 11.2. The number of rotatable bonds is 6. The molecule has 0 aromatic heterocycles. The van der Waals surface area contributed by atoms with E-state index in [4.69, 9.17) is 43.7 Å². The van der Waals surface area contributed by atoms with Crippen LogP contribution in [0.15, 0.2) is 29.5 Å². The van der Waals surface area contributed by atoms with Crippen LogP contribution in [0, 0.1) is 11.3 Å². The number of benzene rings is 1. The molecule has 0 atom stereocenters. The lowest BCUT2D eigenvalue weighted by atomic mass is 10.1. The summed E-state index contributed by atoms with van der Waals surface area (Å²) < 4.78 is 9.84. The molecular weight excluding hydrogens is 331 g/mol. The minimum absolute atomic E-state index is 0.0627. The number of esters is 1. The van der Waals surface area contributed by atoms with Crippen LogP contribution >= 0.6 is 23.2 Å². The van der Waals surface area contributed by atoms with E-state index in [0.717, 1.165) is 0 Å². The fraction of sp³-hybridized carbons (Fsp3) is 0.214. The first-order chi connectivity index (χ1) is 10.3. The molecule has 0 radical (unpaired) electrons. The highest BCUT2D eigenvalue weighted by atomic mass is 35.5. The molecule has 0 saturated carbocycles. The Morgan fingerprint density at radius 3 is 2.55 bits per heavy atom. The predicted octanol–water partition coefficient (Wildman–Crippen LogP) is 2.24. The number of Topliss-reactive ketones (excluding diaryl/α,β-unsaturated/α-hetero) is 1. The molecule has 8 heteroatoms. The van der Waals surface area contributed by atoms with E-state index in [1.807, 2.05) is 0 Å². The molecule has 0 aliphatic carbocycles. The molecule has 0 spiro atoms. The average Bonchev–Trinajstić information content (AvgIpc) is 2.44. The third kappa shape index (κ3) is 5.28. The Kier molecular flexibility index (Phi) is 6.70. The summed E-state index contributed by atoms with van der Waals surface area (Å²) in [7, 11) is 0. The smallest absolute Gasteiger partial charge is 0.344 e. The quantitative estimate of drug-likeness (QED) is 0.483. The zero-order valence-corrected chi connectivity index (χ0v) is 13.1. The third-order valence-corrected chi connectivity index (χ3v) is 2.92. The van der Waals surface area contributed by atoms with Gasteiger partial charge in [-0.05, 0) is 25.1 Å². The van der Waals surface area contributed by atoms with Crippen molar-refractivity contribution in [3.63, 3.8) is 0 Å². The number of ether oxygens (including phenoxy) is 2. The topological polar surface area (TPSA) is 102 Å². The van der Waals surface area contributed by atoms with Crippen molar-refractivity contribution in [2.75, 3.05) is 13.2 Å². The highest BCUT2D eigenvalue weighted by Crippen LogP contribution is 2.27. The van der Waals surface area contributed by atoms with Gasteiger partial charge in [0, 0.05) is 10.7 Å². The number of ketones is 1. The van der Waals surface area contributed by atoms with Gasteiger partial charge in [-0.15, -0.1) is 0 Å². The second-order valence-electron chi connectivity index (χ2n) is 4.12. The summed E-state index contributed by atoms with van der Waals surface area (Å²) in [4.78, 5) is 23.1. The Labute approximate surface area is 137 Å². The van der Waals surface area contributed by atoms with Gasteiger partial charge in [0.15, 0.2) is 13.2 Å². The predicted molar refractivity (Wildman–Crippen MR) is 80.4 cm³/mol. The van der Waals surface area contributed by atoms with Crippen LogP contribution in [0.4, 0.5) is 0 Å². The van der Waals surface area contributed by atoms with Gasteiger partial charge >= 0.3 is 5.97 Å². The van der Waals surface area contributed by atoms with Crippen molar-refractivity contribution in [3.05, 3.63) is 39.5 Å². The molecule has 0 heterocycles. The molecule has 2 N–H and O–H groups in total. The van der Waals surface area contributed by atoms with Crippen LogP contribution < -0.4 is 10.5 Å². The van der Waals surface area contributed by atoms with E-state index in [1.54, 1.807) is 12.1 Å². The summed E-state index contributed by atoms with van der Waals surface area (Å²) in [5.74, 6) is -1.21. The van der Waals surface area contributed by atoms with E-state index < -0.39 is 25.0 Å². The fourth-order valence-corrected chi connectivity index (χ4v) is 1.82. The molecule has 0 aliphatic heterocycles. The van der Waals surface area contributed by atoms with E-state index in [-0.39, 0.29) is 22.0 Å². The lowest BCUT2D eigenvalue weighted by Crippen LogP contribution is -2.21. The van der Waals surface area contributed by atoms with Gasteiger partial charge < -0.3 is 15.2 Å². The Morgan fingerprint density at radius 2 is 2.00 bits per heavy atom. The number of nitriles is 1. The zero-order chi connectivity index (χ0) is 16.7. The molecule has 6 nitrogen and oxygen atoms in total. The molecule has 0 saturated heterocycles. The van der Waals surface area contributed by atoms with Crippen LogP contribution in [-0.4, -0.2) is 25.0 Å². The highest BCUT2D eigenvalue weighted by Gasteiger charge is 2.15. The second kappa shape index (κ2) is 8.27. The van der Waals surface area contributed by atoms with Crippen molar-refractivity contribution in [2.45, 2.75) is 6.92 Å². The van der Waals surface area contributed by atoms with Gasteiger partial charge in [0.25, 0.3) is 0 Å². The molecule has 0 amide bonds. The minimum atomic E-state index is -0.786. The first-order valence-corrected chi connectivity index (χ1v) is 6.74. The Balaban J connectivity index is 2.49. The van der Waals surface area contributed by atoms with Crippen molar-refractivity contribution < 1.29 is 19.1 Å². The van der Waals surface area contributed by atoms with Crippen LogP contribution in [0.1, 0.15) is 6.92 Å². The molecule has 0 unspecified atom stereocenters. The zero-order valence-electron chi connectivity index (χ0n) is 11.6. The molecular formula is C14H12Cl2N2O4. The number of carbonyl (C=O) groups excluding carboxylic acids is 2. The maximum absolute atomic E-state index is 11.6. The van der Waals surface area contributed by atoms with Crippen molar-refractivity contribution >= 4 is 35.0 Å². The number of halogens is 2. The number of hydrogen-bond acceptors (Lipinski definition) is 6. The van der Waals surface area contributed by atoms with E-state index >= 15 is 0 Å². The first kappa shape index (κ1) is 17.8. The molecule has 1 rings (SSSR count). The van der Waals surface area contributed by atoms with Gasteiger partial charge in [-0.25, -0.2) is 4.79 Å². The average molecular weight is 343 g/mol. The number of nitrogens with zero attached hydrogens (tertiary/aromatic N) is 1. The van der Waals surface area contributed by atoms with E-state index in [2.05, 4.69) is 0 Å². The molecule has 116 valence electrons. The summed E-state index contributed by atoms with van der Waals surface area (Å²) in [6.07, 6.45) is 0. The van der Waals surface area contributed by atoms with Gasteiger partial charge in [0.2, 0.25) is 5.78 Å². The second-order valence-corrected chi connectivity index (χ2v) is 4.96. The van der Waals surface area contributed by atoms with Crippen LogP contribution in [0.2, 0.25) is 10.0 Å². The van der Waals surface area contributed by atoms with Gasteiger partial charge in [-0.2, -0.15) is 5.26 Å². The van der Waals surface area contributed by atoms with E-state index in [1.165, 1.54) is 19.1 Å². The SMILES string of the molecule is C/C(N)=C(/C#N)C(=O)COC(=O)COc1ccc(Cl)cc1Cl. The molecule has 22 heavy (non-hydrogen) atoms. The number of hydrogen-bond donors (Lipinski definition) is 1. The Morgan fingerprint density at radius 1 is 1.32 bits per heavy atom. The monoisotopic (exact) mass is 342 g/mol. The maximum Gasteiger partial charge on any atom is 0.344 e. The largest absolute Gasteiger partial charge is 0.480 e. The molecule has 0 bridgehead atoms. The summed E-state index contributed by atoms with van der Waals surface area (Å²) in [6, 6.07) is 6.15. The molecule has 0 aliphatic rings. The van der Waals surface area contributed by atoms with E-state index in [0.29, 0.717) is 5.02 Å². The van der Waals surface area contributed by atoms with Gasteiger partial charge in [0.1, 0.15) is 17.4 Å². The van der Waals surface area contributed by atoms with Crippen LogP contribution in [0.25, 0.3) is 0 Å². The number of nitrogens with two attached hydrogens (primary N) is 1. The summed E-state index contributed by atoms with van der Waals surface area (Å²) >= 11 is 11.6. The highest BCUT2D eigenvalue weighted by molar-refractivity contribution is 6.35. The summed E-state index contributed by atoms with van der Waals surface area (Å²) in [6.45, 7) is 0.375. The number of carbonyl (C=O) groups is 2. The van der Waals surface area contributed by atoms with Gasteiger partial charge in [-0.1, -0.05) is 23.2 Å². The summed E-state index contributed by atoms with van der Waals surface area (Å²) in [5.41, 5.74) is 5.19. The Bertz CT molecular complexity index is 661. The van der Waals surface area contributed by atoms with Crippen LogP contribution in [0.5, 0.6) is 5.75 Å². The van der Waals surface area contributed by atoms with Crippen LogP contribution in [0.3, 0.4) is 0 Å². The van der Waals surface area contributed by atoms with Crippen molar-refractivity contribution in [1.29, 1.82) is 5.26 Å². The van der Waals surface area contributed by atoms with Gasteiger partial charge in [0.05, 0.1) is 5.02 Å². The van der Waals surface area contributed by atoms with Crippen molar-refractivity contribution in [1.82, 2.24) is 0 Å². The number of allylic oxidation sites excluding steroid dienone is 1. The first-order valence-electron chi connectivity index (χ1n) is 5.98. The minimum Gasteiger partial charge on any atom is -0.480 e. The maximum atomic E-state index is 11.6. The van der Waals surface area contributed by atoms with Gasteiger partial charge in [-0.3, -0.25) is 4.79 Å². The standard InChI is InChI=1S/C14H12Cl2N2O4/c1-8(18)10(5-17)12(19)6-22-14(20)7-21-13-3-2-9(15)4-11(13)16/h2-4H,6-7,18H2,1H3/b10-8+. The van der Waals surface area contributed by atoms with E-state index in [9.17, 15) is 9.59 Å². The molecule has 1 aromatic carbocycles. The molecule has 1 aromatic rings. The summed E-state index contributed by atoms with van der Waals surface area (Å²) in [5, 5.41) is 9.41. The Hall–Kier alpha value is -2.23. The van der Waals surface area contributed by atoms with Crippen molar-refractivity contribution in [2.24, 2.45) is 5.73 Å².